The zero-order chi connectivity index (χ0) is 10.6. The summed E-state index contributed by atoms with van der Waals surface area (Å²) in [5, 5.41) is 8.79. The average molecular weight is 215 g/mol. The van der Waals surface area contributed by atoms with Gasteiger partial charge in [-0.1, -0.05) is 24.3 Å². The number of hydrogen-bond acceptors (Lipinski definition) is 3. The molecule has 2 atom stereocenters. The number of benzene rings is 1. The number of aliphatic hydroxyl groups excluding tert-OH is 1. The van der Waals surface area contributed by atoms with E-state index in [-0.39, 0.29) is 18.4 Å². The van der Waals surface area contributed by atoms with Gasteiger partial charge in [0.15, 0.2) is 11.1 Å². The van der Waals surface area contributed by atoms with Crippen LogP contribution in [0.1, 0.15) is 17.2 Å². The summed E-state index contributed by atoms with van der Waals surface area (Å²) in [6.45, 7) is -0.106. The molecule has 0 saturated carbocycles. The Bertz CT molecular complexity index is 312. The summed E-state index contributed by atoms with van der Waals surface area (Å²) in [4.78, 5) is 0. The van der Waals surface area contributed by atoms with Crippen LogP contribution in [-0.2, 0) is 16.8 Å². The molecule has 1 unspecified atom stereocenters. The monoisotopic (exact) mass is 215 g/mol. The predicted octanol–water partition coefficient (Wildman–Crippen LogP) is 0.400. The van der Waals surface area contributed by atoms with Crippen LogP contribution in [0.25, 0.3) is 0 Å². The summed E-state index contributed by atoms with van der Waals surface area (Å²) in [5.74, 6) is 0.120. The number of nitrogens with two attached hydrogens (primary N) is 1. The smallest absolute Gasteiger partial charge is 0.157 e. The van der Waals surface area contributed by atoms with E-state index in [0.29, 0.717) is 0 Å². The highest BCUT2D eigenvalue weighted by Crippen LogP contribution is 2.11. The van der Waals surface area contributed by atoms with E-state index in [1.165, 1.54) is 0 Å². The van der Waals surface area contributed by atoms with Crippen molar-refractivity contribution in [3.05, 3.63) is 35.4 Å². The Morgan fingerprint density at radius 2 is 1.93 bits per heavy atom. The largest absolute Gasteiger partial charge is 0.394 e. The average Bonchev–Trinajstić information content (AvgIpc) is 2.17. The van der Waals surface area contributed by atoms with Crippen LogP contribution in [0.15, 0.2) is 24.3 Å². The van der Waals surface area contributed by atoms with Crippen molar-refractivity contribution in [2.24, 2.45) is 5.73 Å². The maximum absolute atomic E-state index is 10.5. The maximum atomic E-state index is 10.5. The molecule has 4 N–H and O–H groups in total. The lowest BCUT2D eigenvalue weighted by molar-refractivity contribution is 0.268. The quantitative estimate of drug-likeness (QED) is 0.635. The zero-order valence-electron chi connectivity index (χ0n) is 7.59. The van der Waals surface area contributed by atoms with Gasteiger partial charge < -0.3 is 15.4 Å². The van der Waals surface area contributed by atoms with Gasteiger partial charge in [0.2, 0.25) is 0 Å². The SMILES string of the molecule is N[C@@H](CO)c1ccc(CS(=O)O)cc1. The first-order valence-corrected chi connectivity index (χ1v) is 5.44. The molecule has 1 aromatic carbocycles. The van der Waals surface area contributed by atoms with Crippen LogP contribution in [0, 0.1) is 0 Å². The van der Waals surface area contributed by atoms with Crippen molar-refractivity contribution in [1.29, 1.82) is 0 Å². The molecule has 78 valence electrons. The molecule has 1 aromatic rings. The van der Waals surface area contributed by atoms with Crippen molar-refractivity contribution < 1.29 is 13.9 Å². The highest BCUT2D eigenvalue weighted by Gasteiger charge is 2.04. The Hall–Kier alpha value is -0.750. The van der Waals surface area contributed by atoms with Crippen LogP contribution in [-0.4, -0.2) is 20.5 Å². The van der Waals surface area contributed by atoms with Crippen LogP contribution in [0.3, 0.4) is 0 Å². The summed E-state index contributed by atoms with van der Waals surface area (Å²) in [6, 6.07) is 6.59. The van der Waals surface area contributed by atoms with Crippen LogP contribution in [0.4, 0.5) is 0 Å². The topological polar surface area (TPSA) is 83.5 Å². The molecule has 0 radical (unpaired) electrons. The first-order valence-electron chi connectivity index (χ1n) is 4.16. The predicted molar refractivity (Wildman–Crippen MR) is 54.9 cm³/mol. The van der Waals surface area contributed by atoms with E-state index in [4.69, 9.17) is 15.4 Å². The minimum absolute atomic E-state index is 0.106. The highest BCUT2D eigenvalue weighted by atomic mass is 32.2. The van der Waals surface area contributed by atoms with E-state index < -0.39 is 11.1 Å². The van der Waals surface area contributed by atoms with Gasteiger partial charge >= 0.3 is 0 Å². The molecule has 0 heterocycles. The Morgan fingerprint density at radius 3 is 2.36 bits per heavy atom. The summed E-state index contributed by atoms with van der Waals surface area (Å²) >= 11 is -1.82. The van der Waals surface area contributed by atoms with Gasteiger partial charge in [-0.25, -0.2) is 4.21 Å². The van der Waals surface area contributed by atoms with Gasteiger partial charge in [-0.05, 0) is 11.1 Å². The van der Waals surface area contributed by atoms with Gasteiger partial charge in [0.05, 0.1) is 18.4 Å². The second kappa shape index (κ2) is 5.21. The molecule has 0 amide bonds. The van der Waals surface area contributed by atoms with Crippen LogP contribution >= 0.6 is 0 Å². The molecule has 14 heavy (non-hydrogen) atoms. The molecular weight excluding hydrogens is 202 g/mol. The van der Waals surface area contributed by atoms with Gasteiger partial charge in [-0.15, -0.1) is 0 Å². The van der Waals surface area contributed by atoms with Crippen LogP contribution in [0.5, 0.6) is 0 Å². The van der Waals surface area contributed by atoms with Crippen molar-refractivity contribution in [2.75, 3.05) is 6.61 Å². The Kier molecular flexibility index (Phi) is 4.21. The lowest BCUT2D eigenvalue weighted by atomic mass is 10.1. The minimum Gasteiger partial charge on any atom is -0.394 e. The second-order valence-corrected chi connectivity index (χ2v) is 3.93. The molecule has 0 aliphatic heterocycles. The number of aliphatic hydroxyl groups is 1. The van der Waals surface area contributed by atoms with Gasteiger partial charge in [0, 0.05) is 0 Å². The number of hydrogen-bond donors (Lipinski definition) is 3. The third-order valence-corrected chi connectivity index (χ3v) is 2.47. The lowest BCUT2D eigenvalue weighted by Crippen LogP contribution is -2.14. The Labute approximate surface area is 85.0 Å². The molecular formula is C9H13NO3S. The summed E-state index contributed by atoms with van der Waals surface area (Å²) < 4.78 is 19.1. The number of rotatable bonds is 4. The van der Waals surface area contributed by atoms with Gasteiger partial charge in [-0.3, -0.25) is 0 Å². The minimum atomic E-state index is -1.82. The van der Waals surface area contributed by atoms with E-state index in [0.717, 1.165) is 11.1 Å². The van der Waals surface area contributed by atoms with Crippen LogP contribution in [0.2, 0.25) is 0 Å². The molecule has 0 bridgehead atoms. The molecule has 5 heteroatoms. The fraction of sp³-hybridized carbons (Fsp3) is 0.333. The van der Waals surface area contributed by atoms with Crippen molar-refractivity contribution >= 4 is 11.1 Å². The molecule has 0 fully saturated rings. The van der Waals surface area contributed by atoms with Gasteiger partial charge in [0.1, 0.15) is 0 Å². The van der Waals surface area contributed by atoms with E-state index in [9.17, 15) is 4.21 Å². The standard InChI is InChI=1S/C9H13NO3S/c10-9(5-11)8-3-1-7(2-4-8)6-14(12)13/h1-4,9,11H,5-6,10H2,(H,12,13)/t9-/m0/s1. The van der Waals surface area contributed by atoms with Crippen molar-refractivity contribution in [2.45, 2.75) is 11.8 Å². The normalized spacial score (nSPS) is 15.1. The van der Waals surface area contributed by atoms with E-state index in [2.05, 4.69) is 0 Å². The van der Waals surface area contributed by atoms with E-state index in [1.54, 1.807) is 24.3 Å². The lowest BCUT2D eigenvalue weighted by Gasteiger charge is -2.08. The molecule has 0 aliphatic rings. The van der Waals surface area contributed by atoms with Crippen molar-refractivity contribution in [3.8, 4) is 0 Å². The van der Waals surface area contributed by atoms with Gasteiger partial charge in [-0.2, -0.15) is 0 Å². The maximum Gasteiger partial charge on any atom is 0.157 e. The third kappa shape index (κ3) is 3.19. The fourth-order valence-corrected chi connectivity index (χ4v) is 1.59. The molecule has 0 aromatic heterocycles. The summed E-state index contributed by atoms with van der Waals surface area (Å²) in [6.07, 6.45) is 0. The first kappa shape index (κ1) is 11.3. The molecule has 4 nitrogen and oxygen atoms in total. The Balaban J connectivity index is 2.73. The van der Waals surface area contributed by atoms with Crippen molar-refractivity contribution in [3.63, 3.8) is 0 Å². The first-order chi connectivity index (χ1) is 6.63. The second-order valence-electron chi connectivity index (χ2n) is 3.00. The van der Waals surface area contributed by atoms with Crippen LogP contribution < -0.4 is 5.73 Å². The van der Waals surface area contributed by atoms with E-state index in [1.807, 2.05) is 0 Å². The fourth-order valence-electron chi connectivity index (χ4n) is 1.11. The summed E-state index contributed by atoms with van der Waals surface area (Å²) in [5.41, 5.74) is 7.18. The summed E-state index contributed by atoms with van der Waals surface area (Å²) in [7, 11) is 0. The Morgan fingerprint density at radius 1 is 1.36 bits per heavy atom. The van der Waals surface area contributed by atoms with Crippen molar-refractivity contribution in [1.82, 2.24) is 0 Å². The van der Waals surface area contributed by atoms with E-state index >= 15 is 0 Å². The third-order valence-electron chi connectivity index (χ3n) is 1.89. The highest BCUT2D eigenvalue weighted by molar-refractivity contribution is 7.78. The molecule has 0 saturated heterocycles. The molecule has 0 aliphatic carbocycles. The zero-order valence-corrected chi connectivity index (χ0v) is 8.41. The van der Waals surface area contributed by atoms with Gasteiger partial charge in [0.25, 0.3) is 0 Å². The molecule has 0 spiro atoms. The molecule has 1 rings (SSSR count).